The van der Waals surface area contributed by atoms with Crippen molar-refractivity contribution in [1.29, 1.82) is 0 Å². The van der Waals surface area contributed by atoms with Gasteiger partial charge in [-0.1, -0.05) is 48.9 Å². The van der Waals surface area contributed by atoms with Gasteiger partial charge in [-0.05, 0) is 25.0 Å². The molecule has 0 aliphatic rings. The number of ether oxygens (including phenoxy) is 1. The van der Waals surface area contributed by atoms with E-state index in [4.69, 9.17) is 33.0 Å². The minimum absolute atomic E-state index is 0.302. The van der Waals surface area contributed by atoms with Crippen LogP contribution in [-0.4, -0.2) is 18.3 Å². The van der Waals surface area contributed by atoms with Crippen molar-refractivity contribution in [3.8, 4) is 5.75 Å². The van der Waals surface area contributed by atoms with Crippen LogP contribution >= 0.6 is 23.2 Å². The SMILES string of the molecule is OCCCCCCCCOc1cc(Cl)ccc1Cl. The van der Waals surface area contributed by atoms with E-state index in [0.29, 0.717) is 29.0 Å². The van der Waals surface area contributed by atoms with Crippen LogP contribution in [0.3, 0.4) is 0 Å². The van der Waals surface area contributed by atoms with E-state index in [2.05, 4.69) is 0 Å². The van der Waals surface area contributed by atoms with Crippen molar-refractivity contribution in [1.82, 2.24) is 0 Å². The molecule has 0 heterocycles. The van der Waals surface area contributed by atoms with Gasteiger partial charge in [0.05, 0.1) is 11.6 Å². The molecule has 0 aromatic heterocycles. The molecule has 0 amide bonds. The maximum absolute atomic E-state index is 8.64. The zero-order valence-electron chi connectivity index (χ0n) is 10.5. The van der Waals surface area contributed by atoms with Gasteiger partial charge in [-0.2, -0.15) is 0 Å². The molecule has 2 nitrogen and oxygen atoms in total. The predicted octanol–water partition coefficient (Wildman–Crippen LogP) is 4.71. The lowest BCUT2D eigenvalue weighted by Gasteiger charge is -2.08. The van der Waals surface area contributed by atoms with Crippen molar-refractivity contribution in [2.75, 3.05) is 13.2 Å². The Hall–Kier alpha value is -0.440. The molecule has 0 fully saturated rings. The number of aliphatic hydroxyl groups is 1. The molecule has 1 rings (SSSR count). The zero-order chi connectivity index (χ0) is 13.2. The molecule has 0 saturated carbocycles. The van der Waals surface area contributed by atoms with E-state index in [1.54, 1.807) is 18.2 Å². The Kier molecular flexibility index (Phi) is 8.23. The molecule has 0 unspecified atom stereocenters. The number of hydrogen-bond acceptors (Lipinski definition) is 2. The highest BCUT2D eigenvalue weighted by Gasteiger charge is 2.02. The molecule has 0 aliphatic carbocycles. The van der Waals surface area contributed by atoms with Crippen LogP contribution in [-0.2, 0) is 0 Å². The summed E-state index contributed by atoms with van der Waals surface area (Å²) in [6.45, 7) is 0.969. The van der Waals surface area contributed by atoms with Crippen molar-refractivity contribution >= 4 is 23.2 Å². The number of hydrogen-bond donors (Lipinski definition) is 1. The number of benzene rings is 1. The number of halogens is 2. The van der Waals surface area contributed by atoms with E-state index >= 15 is 0 Å². The highest BCUT2D eigenvalue weighted by atomic mass is 35.5. The predicted molar refractivity (Wildman–Crippen MR) is 76.7 cm³/mol. The minimum atomic E-state index is 0.302. The van der Waals surface area contributed by atoms with Gasteiger partial charge >= 0.3 is 0 Å². The molecule has 1 aromatic rings. The topological polar surface area (TPSA) is 29.5 Å². The lowest BCUT2D eigenvalue weighted by molar-refractivity contribution is 0.280. The Morgan fingerprint density at radius 1 is 0.944 bits per heavy atom. The average molecular weight is 291 g/mol. The Bertz CT molecular complexity index is 343. The lowest BCUT2D eigenvalue weighted by Crippen LogP contribution is -1.98. The quantitative estimate of drug-likeness (QED) is 0.668. The van der Waals surface area contributed by atoms with Crippen LogP contribution in [0.1, 0.15) is 38.5 Å². The van der Waals surface area contributed by atoms with Crippen LogP contribution in [0.2, 0.25) is 10.0 Å². The number of aliphatic hydroxyl groups excluding tert-OH is 1. The molecule has 0 spiro atoms. The average Bonchev–Trinajstić information content (AvgIpc) is 2.36. The summed E-state index contributed by atoms with van der Waals surface area (Å²) >= 11 is 11.9. The second-order valence-electron chi connectivity index (χ2n) is 4.27. The largest absolute Gasteiger partial charge is 0.492 e. The lowest BCUT2D eigenvalue weighted by atomic mass is 10.1. The van der Waals surface area contributed by atoms with Gasteiger partial charge in [0.15, 0.2) is 0 Å². The van der Waals surface area contributed by atoms with Crippen molar-refractivity contribution in [3.63, 3.8) is 0 Å². The van der Waals surface area contributed by atoms with E-state index in [-0.39, 0.29) is 0 Å². The summed E-state index contributed by atoms with van der Waals surface area (Å²) in [5.41, 5.74) is 0. The summed E-state index contributed by atoms with van der Waals surface area (Å²) in [7, 11) is 0. The Balaban J connectivity index is 2.09. The fourth-order valence-electron chi connectivity index (χ4n) is 1.69. The molecule has 1 N–H and O–H groups in total. The summed E-state index contributed by atoms with van der Waals surface area (Å²) in [6, 6.07) is 5.23. The van der Waals surface area contributed by atoms with E-state index in [0.717, 1.165) is 25.7 Å². The van der Waals surface area contributed by atoms with Crippen molar-refractivity contribution < 1.29 is 9.84 Å². The molecule has 0 bridgehead atoms. The Morgan fingerprint density at radius 2 is 1.61 bits per heavy atom. The molecule has 4 heteroatoms. The smallest absolute Gasteiger partial charge is 0.139 e. The van der Waals surface area contributed by atoms with Crippen LogP contribution in [0.5, 0.6) is 5.75 Å². The summed E-state index contributed by atoms with van der Waals surface area (Å²) < 4.78 is 5.59. The van der Waals surface area contributed by atoms with Crippen LogP contribution < -0.4 is 4.74 Å². The third-order valence-electron chi connectivity index (χ3n) is 2.70. The first-order chi connectivity index (χ1) is 8.74. The first-order valence-electron chi connectivity index (χ1n) is 6.43. The van der Waals surface area contributed by atoms with Gasteiger partial charge in [0.25, 0.3) is 0 Å². The second kappa shape index (κ2) is 9.48. The molecule has 0 atom stereocenters. The summed E-state index contributed by atoms with van der Waals surface area (Å²) in [5.74, 6) is 0.657. The maximum Gasteiger partial charge on any atom is 0.139 e. The fourth-order valence-corrected chi connectivity index (χ4v) is 2.03. The van der Waals surface area contributed by atoms with Gasteiger partial charge in [-0.15, -0.1) is 0 Å². The fraction of sp³-hybridized carbons (Fsp3) is 0.571. The molecule has 0 radical (unpaired) electrons. The second-order valence-corrected chi connectivity index (χ2v) is 5.11. The monoisotopic (exact) mass is 290 g/mol. The van der Waals surface area contributed by atoms with E-state index in [1.165, 1.54) is 12.8 Å². The third-order valence-corrected chi connectivity index (χ3v) is 3.25. The van der Waals surface area contributed by atoms with Gasteiger partial charge in [0, 0.05) is 17.7 Å². The maximum atomic E-state index is 8.64. The highest BCUT2D eigenvalue weighted by molar-refractivity contribution is 6.34. The standard InChI is InChI=1S/C14H20Cl2O2/c15-12-7-8-13(16)14(11-12)18-10-6-4-2-1-3-5-9-17/h7-8,11,17H,1-6,9-10H2. The van der Waals surface area contributed by atoms with Crippen molar-refractivity contribution in [2.45, 2.75) is 38.5 Å². The van der Waals surface area contributed by atoms with E-state index in [1.807, 2.05) is 0 Å². The summed E-state index contributed by atoms with van der Waals surface area (Å²) in [4.78, 5) is 0. The molecule has 0 saturated heterocycles. The summed E-state index contributed by atoms with van der Waals surface area (Å²) in [6.07, 6.45) is 6.54. The minimum Gasteiger partial charge on any atom is -0.492 e. The van der Waals surface area contributed by atoms with Crippen LogP contribution in [0.15, 0.2) is 18.2 Å². The molecule has 0 aliphatic heterocycles. The Morgan fingerprint density at radius 3 is 2.33 bits per heavy atom. The van der Waals surface area contributed by atoms with Crippen molar-refractivity contribution in [3.05, 3.63) is 28.2 Å². The zero-order valence-corrected chi connectivity index (χ0v) is 12.0. The summed E-state index contributed by atoms with van der Waals surface area (Å²) in [5, 5.41) is 9.87. The number of rotatable bonds is 9. The van der Waals surface area contributed by atoms with Gasteiger partial charge in [0.2, 0.25) is 0 Å². The van der Waals surface area contributed by atoms with Gasteiger partial charge in [0.1, 0.15) is 5.75 Å². The third kappa shape index (κ3) is 6.48. The van der Waals surface area contributed by atoms with Crippen LogP contribution in [0, 0.1) is 0 Å². The Labute approximate surface area is 119 Å². The van der Waals surface area contributed by atoms with E-state index in [9.17, 15) is 0 Å². The van der Waals surface area contributed by atoms with Crippen LogP contribution in [0.25, 0.3) is 0 Å². The molecular weight excluding hydrogens is 271 g/mol. The van der Waals surface area contributed by atoms with E-state index < -0.39 is 0 Å². The normalized spacial score (nSPS) is 10.6. The van der Waals surface area contributed by atoms with Gasteiger partial charge in [-0.3, -0.25) is 0 Å². The van der Waals surface area contributed by atoms with Crippen molar-refractivity contribution in [2.24, 2.45) is 0 Å². The van der Waals surface area contributed by atoms with Gasteiger partial charge < -0.3 is 9.84 Å². The molecular formula is C14H20Cl2O2. The molecule has 18 heavy (non-hydrogen) atoms. The first kappa shape index (κ1) is 15.6. The van der Waals surface area contributed by atoms with Gasteiger partial charge in [-0.25, -0.2) is 0 Å². The molecule has 1 aromatic carbocycles. The number of unbranched alkanes of at least 4 members (excludes halogenated alkanes) is 5. The first-order valence-corrected chi connectivity index (χ1v) is 7.18. The molecule has 102 valence electrons. The highest BCUT2D eigenvalue weighted by Crippen LogP contribution is 2.27. The van der Waals surface area contributed by atoms with Crippen LogP contribution in [0.4, 0.5) is 0 Å².